The number of benzene rings is 2. The highest BCUT2D eigenvalue weighted by Crippen LogP contribution is 2.35. The Morgan fingerprint density at radius 1 is 1.12 bits per heavy atom. The number of hydrogen-bond donors (Lipinski definition) is 0. The summed E-state index contributed by atoms with van der Waals surface area (Å²) in [6.45, 7) is 5.29. The average Bonchev–Trinajstić information content (AvgIpc) is 3.52. The fourth-order valence-electron chi connectivity index (χ4n) is 4.81. The molecule has 0 unspecified atom stereocenters. The standard InChI is InChI=1S/C30H26N2O7S/c1-5-38-29(36)25-17(3)31-30-32(26(25)21-9-6-7-12-22(21)37-4)27(33)24(40-30)15-18-13-14-23(39-18)19-10-8-11-20(16(19)2)28(34)35/h6-15,26H,5H2,1-4H3,(H,34,35)/p-1/b24-15-/t26-/m0/s1. The Labute approximate surface area is 232 Å². The Morgan fingerprint density at radius 3 is 2.62 bits per heavy atom. The third-order valence-corrected chi connectivity index (χ3v) is 7.65. The lowest BCUT2D eigenvalue weighted by Crippen LogP contribution is -2.40. The molecule has 0 radical (unpaired) electrons. The van der Waals surface area contributed by atoms with E-state index in [1.165, 1.54) is 29.1 Å². The lowest BCUT2D eigenvalue weighted by molar-refractivity contribution is -0.255. The number of fused-ring (bicyclic) bond motifs is 1. The topological polar surface area (TPSA) is 123 Å². The highest BCUT2D eigenvalue weighted by atomic mass is 32.1. The number of methoxy groups -OCH3 is 1. The second kappa shape index (κ2) is 10.8. The van der Waals surface area contributed by atoms with E-state index in [2.05, 4.69) is 4.99 Å². The number of nitrogens with zero attached hydrogens (tertiary/aromatic N) is 2. The van der Waals surface area contributed by atoms with Gasteiger partial charge in [0, 0.05) is 22.8 Å². The first kappa shape index (κ1) is 26.9. The smallest absolute Gasteiger partial charge is 0.338 e. The molecular formula is C30H25N2O7S-. The van der Waals surface area contributed by atoms with Crippen LogP contribution >= 0.6 is 11.3 Å². The number of esters is 1. The molecular weight excluding hydrogens is 532 g/mol. The number of furan rings is 1. The third-order valence-electron chi connectivity index (χ3n) is 6.67. The Hall–Kier alpha value is -4.70. The Balaban J connectivity index is 1.65. The summed E-state index contributed by atoms with van der Waals surface area (Å²) in [5.41, 5.74) is 2.17. The van der Waals surface area contributed by atoms with Crippen LogP contribution in [0.3, 0.4) is 0 Å². The lowest BCUT2D eigenvalue weighted by Gasteiger charge is -2.25. The molecule has 0 spiro atoms. The molecule has 40 heavy (non-hydrogen) atoms. The molecule has 9 nitrogen and oxygen atoms in total. The van der Waals surface area contributed by atoms with Crippen molar-refractivity contribution in [3.05, 3.63) is 108 Å². The average molecular weight is 558 g/mol. The van der Waals surface area contributed by atoms with Crippen molar-refractivity contribution in [3.8, 4) is 17.1 Å². The molecule has 3 heterocycles. The summed E-state index contributed by atoms with van der Waals surface area (Å²) in [7, 11) is 1.53. The molecule has 2 aromatic heterocycles. The predicted molar refractivity (Wildman–Crippen MR) is 147 cm³/mol. The van der Waals surface area contributed by atoms with Crippen LogP contribution in [0, 0.1) is 6.92 Å². The minimum absolute atomic E-state index is 0.0767. The van der Waals surface area contributed by atoms with Gasteiger partial charge in [-0.3, -0.25) is 9.36 Å². The summed E-state index contributed by atoms with van der Waals surface area (Å²) in [6.07, 6.45) is 1.61. The summed E-state index contributed by atoms with van der Waals surface area (Å²) in [4.78, 5) is 43.4. The second-order valence-electron chi connectivity index (χ2n) is 9.01. The summed E-state index contributed by atoms with van der Waals surface area (Å²) in [5.74, 6) is -0.461. The first-order valence-electron chi connectivity index (χ1n) is 12.5. The largest absolute Gasteiger partial charge is 0.545 e. The van der Waals surface area contributed by atoms with Gasteiger partial charge in [0.05, 0.1) is 35.5 Å². The van der Waals surface area contributed by atoms with Crippen LogP contribution in [0.2, 0.25) is 0 Å². The van der Waals surface area contributed by atoms with Crippen LogP contribution < -0.4 is 24.7 Å². The van der Waals surface area contributed by atoms with E-state index in [0.29, 0.717) is 49.0 Å². The van der Waals surface area contributed by atoms with Crippen LogP contribution in [0.15, 0.2) is 80.1 Å². The van der Waals surface area contributed by atoms with Gasteiger partial charge in [-0.1, -0.05) is 47.7 Å². The third kappa shape index (κ3) is 4.66. The number of thiazole rings is 1. The van der Waals surface area contributed by atoms with E-state index in [0.717, 1.165) is 0 Å². The van der Waals surface area contributed by atoms with Crippen LogP contribution in [0.1, 0.15) is 47.1 Å². The zero-order chi connectivity index (χ0) is 28.6. The summed E-state index contributed by atoms with van der Waals surface area (Å²) >= 11 is 1.17. The molecule has 1 atom stereocenters. The SMILES string of the molecule is CCOC(=O)C1=C(C)N=c2s/c(=C\c3ccc(-c4cccc(C(=O)[O-])c4C)o3)c(=O)n2[C@H]1c1ccccc1OC. The molecule has 4 aromatic rings. The van der Waals surface area contributed by atoms with E-state index in [-0.39, 0.29) is 23.3 Å². The number of allylic oxidation sites excluding steroid dienone is 1. The van der Waals surface area contributed by atoms with E-state index in [9.17, 15) is 19.5 Å². The van der Waals surface area contributed by atoms with E-state index >= 15 is 0 Å². The summed E-state index contributed by atoms with van der Waals surface area (Å²) < 4.78 is 18.7. The molecule has 204 valence electrons. The molecule has 5 rings (SSSR count). The van der Waals surface area contributed by atoms with E-state index in [4.69, 9.17) is 13.9 Å². The van der Waals surface area contributed by atoms with Crippen molar-refractivity contribution in [3.63, 3.8) is 0 Å². The van der Waals surface area contributed by atoms with E-state index < -0.39 is 18.0 Å². The zero-order valence-corrected chi connectivity index (χ0v) is 23.0. The second-order valence-corrected chi connectivity index (χ2v) is 10.0. The molecule has 1 aliphatic rings. The molecule has 10 heteroatoms. The van der Waals surface area contributed by atoms with Crippen LogP contribution in [-0.2, 0) is 9.53 Å². The fourth-order valence-corrected chi connectivity index (χ4v) is 5.83. The minimum atomic E-state index is -1.27. The molecule has 0 saturated heterocycles. The first-order valence-corrected chi connectivity index (χ1v) is 13.3. The predicted octanol–water partition coefficient (Wildman–Crippen LogP) is 2.74. The number of carboxylic acid groups (broad SMARTS) is 1. The van der Waals surface area contributed by atoms with E-state index in [1.807, 2.05) is 12.1 Å². The van der Waals surface area contributed by atoms with Gasteiger partial charge >= 0.3 is 5.97 Å². The first-order chi connectivity index (χ1) is 19.2. The number of para-hydroxylation sites is 1. The van der Waals surface area contributed by atoms with Crippen molar-refractivity contribution in [2.75, 3.05) is 13.7 Å². The van der Waals surface area contributed by atoms with Gasteiger partial charge in [0.25, 0.3) is 5.56 Å². The van der Waals surface area contributed by atoms with Crippen molar-refractivity contribution in [2.24, 2.45) is 4.99 Å². The lowest BCUT2D eigenvalue weighted by atomic mass is 9.95. The van der Waals surface area contributed by atoms with Gasteiger partial charge in [-0.05, 0) is 44.5 Å². The number of aromatic carboxylic acids is 1. The normalized spacial score (nSPS) is 15.0. The molecule has 0 bridgehead atoms. The maximum atomic E-state index is 13.8. The van der Waals surface area contributed by atoms with Crippen molar-refractivity contribution in [1.29, 1.82) is 0 Å². The number of aromatic nitrogens is 1. The molecule has 0 N–H and O–H groups in total. The fraction of sp³-hybridized carbons (Fsp3) is 0.200. The van der Waals surface area contributed by atoms with Crippen LogP contribution in [-0.4, -0.2) is 30.2 Å². The Morgan fingerprint density at radius 2 is 1.90 bits per heavy atom. The highest BCUT2D eigenvalue weighted by Gasteiger charge is 2.35. The zero-order valence-electron chi connectivity index (χ0n) is 22.2. The van der Waals surface area contributed by atoms with Gasteiger partial charge in [0.15, 0.2) is 4.80 Å². The maximum Gasteiger partial charge on any atom is 0.338 e. The van der Waals surface area contributed by atoms with Crippen molar-refractivity contribution in [2.45, 2.75) is 26.8 Å². The van der Waals surface area contributed by atoms with Gasteiger partial charge in [0.1, 0.15) is 23.3 Å². The number of carbonyl (C=O) groups excluding carboxylic acids is 2. The summed E-state index contributed by atoms with van der Waals surface area (Å²) in [5, 5.41) is 11.4. The van der Waals surface area contributed by atoms with Gasteiger partial charge < -0.3 is 23.8 Å². The van der Waals surface area contributed by atoms with Gasteiger partial charge in [0.2, 0.25) is 0 Å². The quantitative estimate of drug-likeness (QED) is 0.320. The molecule has 0 aliphatic carbocycles. The number of carbonyl (C=O) groups is 2. The maximum absolute atomic E-state index is 13.8. The van der Waals surface area contributed by atoms with Gasteiger partial charge in [-0.15, -0.1) is 0 Å². The Kier molecular flexibility index (Phi) is 7.27. The van der Waals surface area contributed by atoms with Crippen molar-refractivity contribution in [1.82, 2.24) is 4.57 Å². The Bertz CT molecular complexity index is 1860. The molecule has 1 aliphatic heterocycles. The van der Waals surface area contributed by atoms with Gasteiger partial charge in [-0.2, -0.15) is 0 Å². The number of carboxylic acids is 1. The van der Waals surface area contributed by atoms with Gasteiger partial charge in [-0.25, -0.2) is 9.79 Å². The van der Waals surface area contributed by atoms with Crippen LogP contribution in [0.5, 0.6) is 5.75 Å². The molecule has 0 fully saturated rings. The highest BCUT2D eigenvalue weighted by molar-refractivity contribution is 7.07. The number of hydrogen-bond acceptors (Lipinski definition) is 9. The summed E-state index contributed by atoms with van der Waals surface area (Å²) in [6, 6.07) is 14.7. The van der Waals surface area contributed by atoms with E-state index in [1.54, 1.807) is 63.2 Å². The minimum Gasteiger partial charge on any atom is -0.545 e. The van der Waals surface area contributed by atoms with Crippen LogP contribution in [0.25, 0.3) is 17.4 Å². The monoisotopic (exact) mass is 557 g/mol. The molecule has 0 saturated carbocycles. The van der Waals surface area contributed by atoms with Crippen molar-refractivity contribution < 1.29 is 28.6 Å². The number of ether oxygens (including phenoxy) is 2. The van der Waals surface area contributed by atoms with Crippen molar-refractivity contribution >= 4 is 29.4 Å². The molecule has 0 amide bonds. The molecule has 2 aromatic carbocycles. The van der Waals surface area contributed by atoms with Crippen LogP contribution in [0.4, 0.5) is 0 Å². The number of rotatable bonds is 7.